The van der Waals surface area contributed by atoms with Crippen LogP contribution in [0.4, 0.5) is 0 Å². The smallest absolute Gasteiger partial charge is 0.224 e. The van der Waals surface area contributed by atoms with Gasteiger partial charge in [0.2, 0.25) is 5.91 Å². The molecule has 2 fully saturated rings. The number of carbonyl (C=O) groups is 1. The third kappa shape index (κ3) is 3.89. The van der Waals surface area contributed by atoms with E-state index in [1.54, 1.807) is 0 Å². The third-order valence-electron chi connectivity index (χ3n) is 4.25. The molecule has 1 atom stereocenters. The van der Waals surface area contributed by atoms with Crippen molar-refractivity contribution in [1.29, 1.82) is 0 Å². The van der Waals surface area contributed by atoms with Crippen LogP contribution >= 0.6 is 11.8 Å². The summed E-state index contributed by atoms with van der Waals surface area (Å²) in [4.78, 5) is 14.3. The van der Waals surface area contributed by atoms with Gasteiger partial charge in [-0.1, -0.05) is 13.8 Å². The van der Waals surface area contributed by atoms with Crippen LogP contribution in [-0.4, -0.2) is 48.0 Å². The Hall–Kier alpha value is -0.220. The molecule has 2 saturated heterocycles. The van der Waals surface area contributed by atoms with Gasteiger partial charge < -0.3 is 10.2 Å². The summed E-state index contributed by atoms with van der Waals surface area (Å²) in [5, 5.41) is 3.45. The number of nitrogens with zero attached hydrogens (tertiary/aromatic N) is 1. The molecule has 2 rings (SSSR count). The Morgan fingerprint density at radius 1 is 1.39 bits per heavy atom. The minimum absolute atomic E-state index is 0.359. The lowest BCUT2D eigenvalue weighted by atomic mass is 9.86. The molecule has 0 aliphatic carbocycles. The lowest BCUT2D eigenvalue weighted by Crippen LogP contribution is -2.45. The van der Waals surface area contributed by atoms with Crippen LogP contribution in [0.3, 0.4) is 0 Å². The van der Waals surface area contributed by atoms with Crippen molar-refractivity contribution < 1.29 is 4.79 Å². The summed E-state index contributed by atoms with van der Waals surface area (Å²) in [6.07, 6.45) is 3.08. The zero-order valence-corrected chi connectivity index (χ0v) is 12.5. The maximum absolute atomic E-state index is 12.2. The highest BCUT2D eigenvalue weighted by Gasteiger charge is 2.26. The molecule has 0 spiro atoms. The maximum atomic E-state index is 12.2. The number of hydrogen-bond acceptors (Lipinski definition) is 3. The van der Waals surface area contributed by atoms with Crippen LogP contribution < -0.4 is 5.32 Å². The van der Waals surface area contributed by atoms with Crippen LogP contribution in [0.15, 0.2) is 0 Å². The number of piperidine rings is 1. The molecule has 2 aliphatic heterocycles. The lowest BCUT2D eigenvalue weighted by molar-refractivity contribution is -0.133. The Bertz CT molecular complexity index is 269. The average Bonchev–Trinajstić information content (AvgIpc) is 2.40. The van der Waals surface area contributed by atoms with Crippen molar-refractivity contribution in [2.75, 3.05) is 31.1 Å². The van der Waals surface area contributed by atoms with Crippen LogP contribution in [0.2, 0.25) is 0 Å². The van der Waals surface area contributed by atoms with E-state index >= 15 is 0 Å². The summed E-state index contributed by atoms with van der Waals surface area (Å²) < 4.78 is 0. The van der Waals surface area contributed by atoms with Gasteiger partial charge in [-0.05, 0) is 24.7 Å². The van der Waals surface area contributed by atoms with E-state index in [0.29, 0.717) is 18.4 Å². The van der Waals surface area contributed by atoms with Gasteiger partial charge >= 0.3 is 0 Å². The van der Waals surface area contributed by atoms with Gasteiger partial charge in [0.25, 0.3) is 0 Å². The summed E-state index contributed by atoms with van der Waals surface area (Å²) in [5.74, 6) is 4.21. The fourth-order valence-electron chi connectivity index (χ4n) is 2.91. The highest BCUT2D eigenvalue weighted by Crippen LogP contribution is 2.25. The molecule has 1 unspecified atom stereocenters. The fraction of sp³-hybridized carbons (Fsp3) is 0.929. The molecule has 104 valence electrons. The number of nitrogens with one attached hydrogen (secondary N) is 1. The molecular weight excluding hydrogens is 244 g/mol. The Balaban J connectivity index is 1.73. The van der Waals surface area contributed by atoms with Crippen LogP contribution in [-0.2, 0) is 4.79 Å². The van der Waals surface area contributed by atoms with E-state index in [4.69, 9.17) is 0 Å². The van der Waals surface area contributed by atoms with E-state index in [2.05, 4.69) is 24.1 Å². The van der Waals surface area contributed by atoms with E-state index in [9.17, 15) is 4.79 Å². The number of hydrogen-bond donors (Lipinski definition) is 1. The SMILES string of the molecule is CC(C)C1CCN(C(=O)CC2CSCCN2)CC1. The van der Waals surface area contributed by atoms with E-state index in [1.165, 1.54) is 18.6 Å². The molecule has 0 aromatic carbocycles. The van der Waals surface area contributed by atoms with Crippen molar-refractivity contribution in [2.45, 2.75) is 39.2 Å². The molecule has 2 aliphatic rings. The minimum atomic E-state index is 0.359. The summed E-state index contributed by atoms with van der Waals surface area (Å²) in [5.41, 5.74) is 0. The molecule has 2 heterocycles. The summed E-state index contributed by atoms with van der Waals surface area (Å²) in [6, 6.07) is 0.402. The van der Waals surface area contributed by atoms with Gasteiger partial charge in [0.1, 0.15) is 0 Å². The van der Waals surface area contributed by atoms with E-state index in [1.807, 2.05) is 11.8 Å². The first-order chi connectivity index (χ1) is 8.66. The predicted octanol–water partition coefficient (Wildman–Crippen LogP) is 1.98. The Labute approximate surface area is 115 Å². The second kappa shape index (κ2) is 6.80. The number of likely N-dealkylation sites (tertiary alicyclic amines) is 1. The number of rotatable bonds is 3. The molecule has 18 heavy (non-hydrogen) atoms. The summed E-state index contributed by atoms with van der Waals surface area (Å²) in [6.45, 7) is 7.60. The number of carbonyl (C=O) groups excluding carboxylic acids is 1. The van der Waals surface area contributed by atoms with Gasteiger partial charge in [0, 0.05) is 43.6 Å². The molecule has 0 aromatic rings. The van der Waals surface area contributed by atoms with E-state index in [0.717, 1.165) is 37.2 Å². The zero-order valence-electron chi connectivity index (χ0n) is 11.7. The molecule has 1 amide bonds. The second-order valence-electron chi connectivity index (χ2n) is 5.89. The molecule has 0 radical (unpaired) electrons. The zero-order chi connectivity index (χ0) is 13.0. The third-order valence-corrected chi connectivity index (χ3v) is 5.39. The number of thioether (sulfide) groups is 1. The first-order valence-electron chi connectivity index (χ1n) is 7.25. The molecule has 1 N–H and O–H groups in total. The highest BCUT2D eigenvalue weighted by atomic mass is 32.2. The first-order valence-corrected chi connectivity index (χ1v) is 8.41. The van der Waals surface area contributed by atoms with E-state index < -0.39 is 0 Å². The van der Waals surface area contributed by atoms with Crippen LogP contribution in [0, 0.1) is 11.8 Å². The fourth-order valence-corrected chi connectivity index (χ4v) is 3.86. The minimum Gasteiger partial charge on any atom is -0.343 e. The molecule has 3 nitrogen and oxygen atoms in total. The highest BCUT2D eigenvalue weighted by molar-refractivity contribution is 7.99. The lowest BCUT2D eigenvalue weighted by Gasteiger charge is -2.35. The van der Waals surface area contributed by atoms with Crippen LogP contribution in [0.1, 0.15) is 33.1 Å². The van der Waals surface area contributed by atoms with Gasteiger partial charge in [-0.2, -0.15) is 11.8 Å². The topological polar surface area (TPSA) is 32.3 Å². The van der Waals surface area contributed by atoms with Crippen molar-refractivity contribution in [3.63, 3.8) is 0 Å². The van der Waals surface area contributed by atoms with Gasteiger partial charge in [0.15, 0.2) is 0 Å². The second-order valence-corrected chi connectivity index (χ2v) is 7.04. The van der Waals surface area contributed by atoms with Crippen molar-refractivity contribution in [3.05, 3.63) is 0 Å². The largest absolute Gasteiger partial charge is 0.343 e. The summed E-state index contributed by atoms with van der Waals surface area (Å²) in [7, 11) is 0. The average molecular weight is 270 g/mol. The maximum Gasteiger partial charge on any atom is 0.224 e. The van der Waals surface area contributed by atoms with Crippen molar-refractivity contribution in [2.24, 2.45) is 11.8 Å². The Morgan fingerprint density at radius 3 is 2.67 bits per heavy atom. The summed E-state index contributed by atoms with van der Waals surface area (Å²) >= 11 is 1.96. The van der Waals surface area contributed by atoms with Crippen molar-refractivity contribution >= 4 is 17.7 Å². The van der Waals surface area contributed by atoms with Gasteiger partial charge in [0.05, 0.1) is 0 Å². The Morgan fingerprint density at radius 2 is 2.11 bits per heavy atom. The van der Waals surface area contributed by atoms with Crippen molar-refractivity contribution in [3.8, 4) is 0 Å². The normalized spacial score (nSPS) is 26.6. The van der Waals surface area contributed by atoms with E-state index in [-0.39, 0.29) is 0 Å². The van der Waals surface area contributed by atoms with Gasteiger partial charge in [-0.25, -0.2) is 0 Å². The van der Waals surface area contributed by atoms with Crippen LogP contribution in [0.25, 0.3) is 0 Å². The predicted molar refractivity (Wildman–Crippen MR) is 77.9 cm³/mol. The van der Waals surface area contributed by atoms with Gasteiger partial charge in [-0.15, -0.1) is 0 Å². The molecule has 4 heteroatoms. The monoisotopic (exact) mass is 270 g/mol. The molecule has 0 bridgehead atoms. The molecule has 0 saturated carbocycles. The standard InChI is InChI=1S/C14H26N2OS/c1-11(2)12-3-6-16(7-4-12)14(17)9-13-10-18-8-5-15-13/h11-13,15H,3-10H2,1-2H3. The molecule has 0 aromatic heterocycles. The first kappa shape index (κ1) is 14.2. The van der Waals surface area contributed by atoms with Gasteiger partial charge in [-0.3, -0.25) is 4.79 Å². The quantitative estimate of drug-likeness (QED) is 0.851. The molecular formula is C14H26N2OS. The van der Waals surface area contributed by atoms with Crippen molar-refractivity contribution in [1.82, 2.24) is 10.2 Å². The number of amides is 1. The Kier molecular flexibility index (Phi) is 5.37. The van der Waals surface area contributed by atoms with Crippen LogP contribution in [0.5, 0.6) is 0 Å².